The highest BCUT2D eigenvalue weighted by atomic mass is 16.5. The highest BCUT2D eigenvalue weighted by molar-refractivity contribution is 4.83. The maximum atomic E-state index is 5.25. The molecule has 4 nitrogen and oxygen atoms in total. The predicted octanol–water partition coefficient (Wildman–Crippen LogP) is 2.14. The molecule has 0 saturated heterocycles. The van der Waals surface area contributed by atoms with Crippen LogP contribution >= 0.6 is 0 Å². The van der Waals surface area contributed by atoms with Gasteiger partial charge in [-0.25, -0.2) is 0 Å². The quantitative estimate of drug-likeness (QED) is 0.557. The van der Waals surface area contributed by atoms with Gasteiger partial charge >= 0.3 is 0 Å². The Bertz CT molecular complexity index is 221. The van der Waals surface area contributed by atoms with Crippen molar-refractivity contribution in [2.24, 2.45) is 5.92 Å². The van der Waals surface area contributed by atoms with Crippen molar-refractivity contribution < 1.29 is 9.47 Å². The SMILES string of the molecule is CCNC(CN(CCCOC)CCOC)C1CCCC1. The van der Waals surface area contributed by atoms with E-state index in [0.717, 1.165) is 51.7 Å². The Balaban J connectivity index is 2.43. The van der Waals surface area contributed by atoms with Crippen LogP contribution in [-0.4, -0.2) is 64.6 Å². The fourth-order valence-electron chi connectivity index (χ4n) is 3.23. The molecule has 20 heavy (non-hydrogen) atoms. The van der Waals surface area contributed by atoms with Gasteiger partial charge in [-0.15, -0.1) is 0 Å². The van der Waals surface area contributed by atoms with Crippen molar-refractivity contribution >= 4 is 0 Å². The van der Waals surface area contributed by atoms with Crippen LogP contribution in [0, 0.1) is 5.92 Å². The molecule has 1 atom stereocenters. The summed E-state index contributed by atoms with van der Waals surface area (Å²) >= 11 is 0. The van der Waals surface area contributed by atoms with Crippen molar-refractivity contribution in [3.8, 4) is 0 Å². The summed E-state index contributed by atoms with van der Waals surface area (Å²) in [4.78, 5) is 2.54. The standard InChI is InChI=1S/C16H34N2O2/c1-4-17-16(15-8-5-6-9-15)14-18(11-13-20-3)10-7-12-19-2/h15-17H,4-14H2,1-3H3. The van der Waals surface area contributed by atoms with Crippen LogP contribution in [0.1, 0.15) is 39.0 Å². The van der Waals surface area contributed by atoms with Crippen LogP contribution in [0.4, 0.5) is 0 Å². The van der Waals surface area contributed by atoms with Gasteiger partial charge in [0.05, 0.1) is 6.61 Å². The Morgan fingerprint density at radius 1 is 1.10 bits per heavy atom. The molecule has 0 spiro atoms. The summed E-state index contributed by atoms with van der Waals surface area (Å²) in [5.41, 5.74) is 0. The molecule has 1 aliphatic rings. The molecule has 0 radical (unpaired) electrons. The maximum Gasteiger partial charge on any atom is 0.0589 e. The summed E-state index contributed by atoms with van der Waals surface area (Å²) in [5, 5.41) is 3.71. The van der Waals surface area contributed by atoms with E-state index in [1.807, 2.05) is 0 Å². The Morgan fingerprint density at radius 2 is 1.80 bits per heavy atom. The summed E-state index contributed by atoms with van der Waals surface area (Å²) in [6.07, 6.45) is 6.72. The second-order valence-electron chi connectivity index (χ2n) is 5.85. The first-order valence-electron chi connectivity index (χ1n) is 8.25. The van der Waals surface area contributed by atoms with E-state index in [9.17, 15) is 0 Å². The molecule has 4 heteroatoms. The smallest absolute Gasteiger partial charge is 0.0589 e. The van der Waals surface area contributed by atoms with Gasteiger partial charge in [0.1, 0.15) is 0 Å². The molecule has 0 bridgehead atoms. The average Bonchev–Trinajstić information content (AvgIpc) is 2.98. The van der Waals surface area contributed by atoms with E-state index in [1.54, 1.807) is 14.2 Å². The van der Waals surface area contributed by atoms with Crippen LogP contribution in [-0.2, 0) is 9.47 Å². The predicted molar refractivity (Wildman–Crippen MR) is 84.2 cm³/mol. The zero-order valence-electron chi connectivity index (χ0n) is 13.7. The van der Waals surface area contributed by atoms with Gasteiger partial charge in [0.15, 0.2) is 0 Å². The minimum atomic E-state index is 0.641. The Labute approximate surface area is 125 Å². The molecular formula is C16H34N2O2. The lowest BCUT2D eigenvalue weighted by molar-refractivity contribution is 0.119. The fourth-order valence-corrected chi connectivity index (χ4v) is 3.23. The molecule has 0 aromatic heterocycles. The molecule has 0 aromatic rings. The van der Waals surface area contributed by atoms with E-state index >= 15 is 0 Å². The lowest BCUT2D eigenvalue weighted by Gasteiger charge is -2.31. The van der Waals surface area contributed by atoms with E-state index in [-0.39, 0.29) is 0 Å². The van der Waals surface area contributed by atoms with Crippen molar-refractivity contribution in [2.45, 2.75) is 45.1 Å². The minimum Gasteiger partial charge on any atom is -0.385 e. The van der Waals surface area contributed by atoms with Crippen LogP contribution in [0.15, 0.2) is 0 Å². The van der Waals surface area contributed by atoms with Gasteiger partial charge in [-0.1, -0.05) is 19.8 Å². The lowest BCUT2D eigenvalue weighted by Crippen LogP contribution is -2.46. The third kappa shape index (κ3) is 7.02. The monoisotopic (exact) mass is 286 g/mol. The van der Waals surface area contributed by atoms with Crippen LogP contribution in [0.25, 0.3) is 0 Å². The average molecular weight is 286 g/mol. The molecule has 0 aromatic carbocycles. The molecule has 1 N–H and O–H groups in total. The number of nitrogens with one attached hydrogen (secondary N) is 1. The van der Waals surface area contributed by atoms with E-state index in [0.29, 0.717) is 6.04 Å². The van der Waals surface area contributed by atoms with E-state index in [2.05, 4.69) is 17.1 Å². The maximum absolute atomic E-state index is 5.25. The Hall–Kier alpha value is -0.160. The molecule has 1 unspecified atom stereocenters. The second-order valence-corrected chi connectivity index (χ2v) is 5.85. The van der Waals surface area contributed by atoms with Crippen LogP contribution in [0.3, 0.4) is 0 Å². The van der Waals surface area contributed by atoms with Gasteiger partial charge in [0.25, 0.3) is 0 Å². The molecule has 1 fully saturated rings. The number of methoxy groups -OCH3 is 2. The Morgan fingerprint density at radius 3 is 2.40 bits per heavy atom. The minimum absolute atomic E-state index is 0.641. The van der Waals surface area contributed by atoms with Crippen molar-refractivity contribution in [1.82, 2.24) is 10.2 Å². The van der Waals surface area contributed by atoms with E-state index < -0.39 is 0 Å². The third-order valence-corrected chi connectivity index (χ3v) is 4.32. The highest BCUT2D eigenvalue weighted by Gasteiger charge is 2.25. The normalized spacial score (nSPS) is 18.0. The van der Waals surface area contributed by atoms with E-state index in [4.69, 9.17) is 9.47 Å². The number of nitrogens with zero attached hydrogens (tertiary/aromatic N) is 1. The first-order chi connectivity index (χ1) is 9.81. The number of hydrogen-bond donors (Lipinski definition) is 1. The molecule has 0 aliphatic heterocycles. The molecule has 1 aliphatic carbocycles. The summed E-state index contributed by atoms with van der Waals surface area (Å²) in [6.45, 7) is 8.21. The van der Waals surface area contributed by atoms with Gasteiger partial charge in [-0.2, -0.15) is 0 Å². The number of likely N-dealkylation sites (N-methyl/N-ethyl adjacent to an activating group) is 1. The van der Waals surface area contributed by atoms with Crippen LogP contribution in [0.5, 0.6) is 0 Å². The van der Waals surface area contributed by atoms with Crippen molar-refractivity contribution in [2.75, 3.05) is 53.6 Å². The molecule has 0 heterocycles. The van der Waals surface area contributed by atoms with Crippen molar-refractivity contribution in [1.29, 1.82) is 0 Å². The van der Waals surface area contributed by atoms with Gasteiger partial charge < -0.3 is 14.8 Å². The molecule has 1 saturated carbocycles. The molecule has 0 amide bonds. The second kappa shape index (κ2) is 11.5. The highest BCUT2D eigenvalue weighted by Crippen LogP contribution is 2.28. The molecule has 1 rings (SSSR count). The summed E-state index contributed by atoms with van der Waals surface area (Å²) < 4.78 is 10.4. The van der Waals surface area contributed by atoms with Gasteiger partial charge in [0, 0.05) is 46.5 Å². The van der Waals surface area contributed by atoms with Gasteiger partial charge in [-0.3, -0.25) is 4.90 Å². The summed E-state index contributed by atoms with van der Waals surface area (Å²) in [6, 6.07) is 0.641. The fraction of sp³-hybridized carbons (Fsp3) is 1.00. The zero-order valence-corrected chi connectivity index (χ0v) is 13.7. The zero-order chi connectivity index (χ0) is 14.6. The topological polar surface area (TPSA) is 33.7 Å². The summed E-state index contributed by atoms with van der Waals surface area (Å²) in [7, 11) is 3.56. The third-order valence-electron chi connectivity index (χ3n) is 4.32. The van der Waals surface area contributed by atoms with Gasteiger partial charge in [-0.05, 0) is 31.7 Å². The van der Waals surface area contributed by atoms with Crippen LogP contribution < -0.4 is 5.32 Å². The number of ether oxygens (including phenoxy) is 2. The molecule has 120 valence electrons. The van der Waals surface area contributed by atoms with E-state index in [1.165, 1.54) is 25.7 Å². The van der Waals surface area contributed by atoms with Crippen LogP contribution in [0.2, 0.25) is 0 Å². The Kier molecular flexibility index (Phi) is 10.3. The summed E-state index contributed by atoms with van der Waals surface area (Å²) in [5.74, 6) is 0.863. The number of rotatable bonds is 12. The first kappa shape index (κ1) is 17.9. The van der Waals surface area contributed by atoms with Crippen molar-refractivity contribution in [3.05, 3.63) is 0 Å². The largest absolute Gasteiger partial charge is 0.385 e. The van der Waals surface area contributed by atoms with Gasteiger partial charge in [0.2, 0.25) is 0 Å². The number of hydrogen-bond acceptors (Lipinski definition) is 4. The lowest BCUT2D eigenvalue weighted by atomic mass is 9.97. The first-order valence-corrected chi connectivity index (χ1v) is 8.25. The molecular weight excluding hydrogens is 252 g/mol. The van der Waals surface area contributed by atoms with Crippen molar-refractivity contribution in [3.63, 3.8) is 0 Å².